The van der Waals surface area contributed by atoms with E-state index in [1.807, 2.05) is 31.5 Å². The van der Waals surface area contributed by atoms with E-state index in [0.29, 0.717) is 17.9 Å². The molecule has 0 atom stereocenters. The first-order chi connectivity index (χ1) is 9.11. The van der Waals surface area contributed by atoms with Gasteiger partial charge < -0.3 is 9.88 Å². The van der Waals surface area contributed by atoms with Crippen molar-refractivity contribution in [3.05, 3.63) is 35.0 Å². The van der Waals surface area contributed by atoms with Gasteiger partial charge in [0.1, 0.15) is 24.0 Å². The monoisotopic (exact) mass is 256 g/mol. The second kappa shape index (κ2) is 5.48. The second-order valence-corrected chi connectivity index (χ2v) is 4.45. The van der Waals surface area contributed by atoms with E-state index in [4.69, 9.17) is 5.26 Å². The molecule has 0 fully saturated rings. The quantitative estimate of drug-likeness (QED) is 0.893. The molecule has 0 radical (unpaired) electrons. The van der Waals surface area contributed by atoms with Crippen LogP contribution in [0.2, 0.25) is 0 Å². The molecule has 0 saturated carbocycles. The van der Waals surface area contributed by atoms with Gasteiger partial charge in [0.2, 0.25) is 0 Å². The van der Waals surface area contributed by atoms with Crippen LogP contribution in [0.5, 0.6) is 0 Å². The Bertz CT molecular complexity index is 623. The van der Waals surface area contributed by atoms with E-state index >= 15 is 0 Å². The summed E-state index contributed by atoms with van der Waals surface area (Å²) < 4.78 is 1.88. The highest BCUT2D eigenvalue weighted by atomic mass is 15.2. The van der Waals surface area contributed by atoms with Crippen molar-refractivity contribution in [1.82, 2.24) is 19.7 Å². The maximum Gasteiger partial charge on any atom is 0.144 e. The molecule has 0 aliphatic rings. The number of aryl methyl sites for hydroxylation is 3. The number of nitriles is 1. The minimum atomic E-state index is 0.601. The van der Waals surface area contributed by atoms with Gasteiger partial charge in [0.05, 0.1) is 5.56 Å². The highest BCUT2D eigenvalue weighted by Gasteiger charge is 2.08. The normalized spacial score (nSPS) is 10.2. The van der Waals surface area contributed by atoms with Crippen molar-refractivity contribution in [1.29, 1.82) is 5.26 Å². The predicted octanol–water partition coefficient (Wildman–Crippen LogP) is 1.35. The lowest BCUT2D eigenvalue weighted by Gasteiger charge is -2.09. The van der Waals surface area contributed by atoms with E-state index in [1.54, 1.807) is 6.33 Å². The summed E-state index contributed by atoms with van der Waals surface area (Å²) >= 11 is 0. The van der Waals surface area contributed by atoms with Gasteiger partial charge in [-0.15, -0.1) is 10.2 Å². The molecule has 6 heteroatoms. The molecule has 2 aromatic heterocycles. The molecule has 0 spiro atoms. The minimum Gasteiger partial charge on any atom is -0.369 e. The van der Waals surface area contributed by atoms with Gasteiger partial charge in [0.15, 0.2) is 0 Å². The number of hydrogen-bond acceptors (Lipinski definition) is 5. The largest absolute Gasteiger partial charge is 0.369 e. The van der Waals surface area contributed by atoms with Gasteiger partial charge in [0, 0.05) is 25.7 Å². The molecule has 0 aromatic carbocycles. The second-order valence-electron chi connectivity index (χ2n) is 4.45. The summed E-state index contributed by atoms with van der Waals surface area (Å²) in [6, 6.07) is 4.10. The van der Waals surface area contributed by atoms with Crippen LogP contribution in [0.15, 0.2) is 12.4 Å². The summed E-state index contributed by atoms with van der Waals surface area (Å²) in [5.74, 6) is 1.54. The van der Waals surface area contributed by atoms with Crippen LogP contribution in [0, 0.1) is 25.2 Å². The number of pyridine rings is 1. The molecule has 98 valence electrons. The molecule has 0 bridgehead atoms. The van der Waals surface area contributed by atoms with Crippen molar-refractivity contribution in [2.24, 2.45) is 7.05 Å². The van der Waals surface area contributed by atoms with E-state index in [1.165, 1.54) is 0 Å². The van der Waals surface area contributed by atoms with Crippen molar-refractivity contribution in [3.63, 3.8) is 0 Å². The Morgan fingerprint density at radius 1 is 1.42 bits per heavy atom. The van der Waals surface area contributed by atoms with E-state index in [-0.39, 0.29) is 0 Å². The Kier molecular flexibility index (Phi) is 3.76. The van der Waals surface area contributed by atoms with Crippen LogP contribution in [0.4, 0.5) is 5.82 Å². The summed E-state index contributed by atoms with van der Waals surface area (Å²) in [6.07, 6.45) is 2.40. The van der Waals surface area contributed by atoms with E-state index in [2.05, 4.69) is 26.6 Å². The molecule has 0 amide bonds. The Hall–Kier alpha value is -2.42. The molecule has 0 aliphatic carbocycles. The van der Waals surface area contributed by atoms with Crippen LogP contribution in [0.1, 0.15) is 22.6 Å². The molecule has 6 nitrogen and oxygen atoms in total. The number of nitrogens with zero attached hydrogens (tertiary/aromatic N) is 5. The zero-order chi connectivity index (χ0) is 13.8. The van der Waals surface area contributed by atoms with Gasteiger partial charge in [0.25, 0.3) is 0 Å². The standard InChI is InChI=1S/C13H16N6/c1-9-6-10(2)17-13(11(9)7-14)15-5-4-12-18-16-8-19(12)3/h6,8H,4-5H2,1-3H3,(H,15,17). The summed E-state index contributed by atoms with van der Waals surface area (Å²) in [7, 11) is 1.91. The third-order valence-corrected chi connectivity index (χ3v) is 2.90. The predicted molar refractivity (Wildman–Crippen MR) is 71.6 cm³/mol. The number of rotatable bonds is 4. The maximum atomic E-state index is 9.16. The first-order valence-corrected chi connectivity index (χ1v) is 6.07. The first-order valence-electron chi connectivity index (χ1n) is 6.07. The Labute approximate surface area is 112 Å². The average Bonchev–Trinajstić information content (AvgIpc) is 2.75. The number of aromatic nitrogens is 4. The van der Waals surface area contributed by atoms with Crippen LogP contribution in [-0.2, 0) is 13.5 Å². The van der Waals surface area contributed by atoms with Gasteiger partial charge in [-0.3, -0.25) is 0 Å². The van der Waals surface area contributed by atoms with Crippen LogP contribution < -0.4 is 5.32 Å². The summed E-state index contributed by atoms with van der Waals surface area (Å²) in [5.41, 5.74) is 2.44. The van der Waals surface area contributed by atoms with Gasteiger partial charge in [-0.2, -0.15) is 5.26 Å². The fourth-order valence-corrected chi connectivity index (χ4v) is 1.93. The van der Waals surface area contributed by atoms with Gasteiger partial charge in [-0.25, -0.2) is 4.98 Å². The van der Waals surface area contributed by atoms with Crippen LogP contribution in [0.25, 0.3) is 0 Å². The van der Waals surface area contributed by atoms with Crippen LogP contribution >= 0.6 is 0 Å². The lowest BCUT2D eigenvalue weighted by molar-refractivity contribution is 0.787. The summed E-state index contributed by atoms with van der Waals surface area (Å²) in [4.78, 5) is 4.37. The van der Waals surface area contributed by atoms with Gasteiger partial charge >= 0.3 is 0 Å². The third-order valence-electron chi connectivity index (χ3n) is 2.90. The molecular formula is C13H16N6. The highest BCUT2D eigenvalue weighted by molar-refractivity contribution is 5.56. The first kappa shape index (κ1) is 13.0. The topological polar surface area (TPSA) is 79.4 Å². The fourth-order valence-electron chi connectivity index (χ4n) is 1.93. The lowest BCUT2D eigenvalue weighted by atomic mass is 10.1. The van der Waals surface area contributed by atoms with Crippen LogP contribution in [0.3, 0.4) is 0 Å². The molecule has 2 rings (SSSR count). The zero-order valence-electron chi connectivity index (χ0n) is 11.3. The fraction of sp³-hybridized carbons (Fsp3) is 0.385. The van der Waals surface area contributed by atoms with E-state index in [0.717, 1.165) is 23.5 Å². The molecule has 0 unspecified atom stereocenters. The molecule has 0 saturated heterocycles. The van der Waals surface area contributed by atoms with Crippen LogP contribution in [-0.4, -0.2) is 26.3 Å². The Balaban J connectivity index is 2.08. The molecule has 1 N–H and O–H groups in total. The SMILES string of the molecule is Cc1cc(C)c(C#N)c(NCCc2nncn2C)n1. The van der Waals surface area contributed by atoms with Gasteiger partial charge in [-0.05, 0) is 25.5 Å². The third kappa shape index (κ3) is 2.88. The van der Waals surface area contributed by atoms with Crippen molar-refractivity contribution < 1.29 is 0 Å². The van der Waals surface area contributed by atoms with Crippen molar-refractivity contribution in [2.45, 2.75) is 20.3 Å². The molecule has 19 heavy (non-hydrogen) atoms. The highest BCUT2D eigenvalue weighted by Crippen LogP contribution is 2.17. The zero-order valence-corrected chi connectivity index (χ0v) is 11.3. The Morgan fingerprint density at radius 2 is 2.21 bits per heavy atom. The Morgan fingerprint density at radius 3 is 2.84 bits per heavy atom. The van der Waals surface area contributed by atoms with Crippen molar-refractivity contribution in [2.75, 3.05) is 11.9 Å². The number of nitrogens with one attached hydrogen (secondary N) is 1. The number of anilines is 1. The van der Waals surface area contributed by atoms with Gasteiger partial charge in [-0.1, -0.05) is 0 Å². The molecule has 2 heterocycles. The average molecular weight is 256 g/mol. The number of hydrogen-bond donors (Lipinski definition) is 1. The summed E-state index contributed by atoms with van der Waals surface area (Å²) in [5, 5.41) is 20.2. The summed E-state index contributed by atoms with van der Waals surface area (Å²) in [6.45, 7) is 4.50. The lowest BCUT2D eigenvalue weighted by Crippen LogP contribution is -2.11. The minimum absolute atomic E-state index is 0.601. The van der Waals surface area contributed by atoms with Crippen molar-refractivity contribution in [3.8, 4) is 6.07 Å². The van der Waals surface area contributed by atoms with E-state index in [9.17, 15) is 0 Å². The molecule has 0 aliphatic heterocycles. The van der Waals surface area contributed by atoms with E-state index < -0.39 is 0 Å². The molecule has 2 aromatic rings. The maximum absolute atomic E-state index is 9.16. The smallest absolute Gasteiger partial charge is 0.144 e. The molecular weight excluding hydrogens is 240 g/mol. The van der Waals surface area contributed by atoms with Crippen molar-refractivity contribution >= 4 is 5.82 Å².